The second kappa shape index (κ2) is 11.1. The van der Waals surface area contributed by atoms with Crippen LogP contribution in [-0.2, 0) is 4.79 Å². The van der Waals surface area contributed by atoms with E-state index in [0.717, 1.165) is 38.7 Å². The Hall–Kier alpha value is -0.540. The summed E-state index contributed by atoms with van der Waals surface area (Å²) in [6.45, 7) is 8.65. The molecule has 0 aliphatic carbocycles. The minimum absolute atomic E-state index is 0. The Morgan fingerprint density at radius 2 is 1.91 bits per heavy atom. The predicted octanol–water partition coefficient (Wildman–Crippen LogP) is 1.03. The van der Waals surface area contributed by atoms with Crippen LogP contribution in [-0.4, -0.2) is 87.0 Å². The van der Waals surface area contributed by atoms with Gasteiger partial charge in [0.15, 0.2) is 5.96 Å². The molecule has 0 unspecified atom stereocenters. The summed E-state index contributed by atoms with van der Waals surface area (Å²) in [5.74, 6) is 1.02. The number of nitrogens with one attached hydrogen (secondary N) is 1. The van der Waals surface area contributed by atoms with Crippen molar-refractivity contribution in [1.29, 1.82) is 0 Å². The minimum Gasteiger partial charge on any atom is -0.351 e. The van der Waals surface area contributed by atoms with Gasteiger partial charge in [0.25, 0.3) is 0 Å². The molecule has 1 aliphatic heterocycles. The molecule has 0 spiro atoms. The van der Waals surface area contributed by atoms with Gasteiger partial charge in [-0.05, 0) is 0 Å². The lowest BCUT2D eigenvalue weighted by Gasteiger charge is -2.36. The van der Waals surface area contributed by atoms with Crippen LogP contribution in [0, 0.1) is 0 Å². The number of carbonyl (C=O) groups is 1. The van der Waals surface area contributed by atoms with Crippen molar-refractivity contribution in [3.05, 3.63) is 11.6 Å². The molecule has 1 N–H and O–H groups in total. The fraction of sp³-hybridized carbons (Fsp3) is 0.714. The molecule has 0 aromatic carbocycles. The molecule has 22 heavy (non-hydrogen) atoms. The van der Waals surface area contributed by atoms with Gasteiger partial charge >= 0.3 is 0 Å². The highest BCUT2D eigenvalue weighted by Gasteiger charge is 2.20. The Bertz CT molecular complexity index is 395. The molecule has 6 nitrogen and oxygen atoms in total. The van der Waals surface area contributed by atoms with Crippen molar-refractivity contribution >= 4 is 47.4 Å². The fourth-order valence-electron chi connectivity index (χ4n) is 2.17. The molecule has 1 rings (SSSR count). The van der Waals surface area contributed by atoms with Crippen LogP contribution in [0.5, 0.6) is 0 Å². The van der Waals surface area contributed by atoms with E-state index in [9.17, 15) is 4.79 Å². The zero-order chi connectivity index (χ0) is 15.8. The van der Waals surface area contributed by atoms with E-state index < -0.39 is 0 Å². The van der Waals surface area contributed by atoms with Crippen molar-refractivity contribution in [2.45, 2.75) is 6.42 Å². The number of hydrogen-bond donors (Lipinski definition) is 1. The molecule has 0 aromatic rings. The van der Waals surface area contributed by atoms with E-state index in [4.69, 9.17) is 11.6 Å². The second-order valence-electron chi connectivity index (χ2n) is 5.28. The van der Waals surface area contributed by atoms with Gasteiger partial charge in [0.1, 0.15) is 0 Å². The maximum Gasteiger partial charge on any atom is 0.223 e. The lowest BCUT2D eigenvalue weighted by Crippen LogP contribution is -2.52. The summed E-state index contributed by atoms with van der Waals surface area (Å²) in [6, 6.07) is 0. The molecule has 0 saturated carbocycles. The van der Waals surface area contributed by atoms with Crippen molar-refractivity contribution in [2.75, 3.05) is 60.4 Å². The van der Waals surface area contributed by atoms with E-state index in [-0.39, 0.29) is 29.9 Å². The number of piperazine rings is 1. The molecule has 128 valence electrons. The standard InChI is InChI=1S/C14H26ClN5O.HI/c1-12(15)11-17-14(16-2)20-9-7-19(8-10-20)6-5-13(21)18(3)4;/h1,5-11H2,2-4H3,(H,16,17);1H. The Labute approximate surface area is 155 Å². The van der Waals surface area contributed by atoms with Crippen LogP contribution in [0.25, 0.3) is 0 Å². The average Bonchev–Trinajstić information content (AvgIpc) is 2.46. The van der Waals surface area contributed by atoms with E-state index >= 15 is 0 Å². The van der Waals surface area contributed by atoms with Gasteiger partial charge in [0.05, 0.1) is 6.54 Å². The Morgan fingerprint density at radius 3 is 2.36 bits per heavy atom. The Kier molecular flexibility index (Phi) is 10.8. The van der Waals surface area contributed by atoms with Crippen LogP contribution in [0.3, 0.4) is 0 Å². The van der Waals surface area contributed by atoms with Crippen molar-refractivity contribution in [3.63, 3.8) is 0 Å². The van der Waals surface area contributed by atoms with E-state index in [1.807, 2.05) is 0 Å². The first kappa shape index (κ1) is 21.5. The Balaban J connectivity index is 0.00000441. The van der Waals surface area contributed by atoms with E-state index in [1.165, 1.54) is 0 Å². The van der Waals surface area contributed by atoms with Crippen molar-refractivity contribution in [3.8, 4) is 0 Å². The van der Waals surface area contributed by atoms with Crippen LogP contribution >= 0.6 is 35.6 Å². The number of halogens is 2. The van der Waals surface area contributed by atoms with Gasteiger partial charge in [-0.15, -0.1) is 24.0 Å². The second-order valence-corrected chi connectivity index (χ2v) is 5.82. The first-order chi connectivity index (χ1) is 9.93. The molecular weight excluding hydrogens is 417 g/mol. The van der Waals surface area contributed by atoms with Gasteiger partial charge in [-0.25, -0.2) is 0 Å². The number of aliphatic imine (C=N–C) groups is 1. The third-order valence-electron chi connectivity index (χ3n) is 3.46. The predicted molar refractivity (Wildman–Crippen MR) is 103 cm³/mol. The van der Waals surface area contributed by atoms with Gasteiger partial charge < -0.3 is 15.1 Å². The summed E-state index contributed by atoms with van der Waals surface area (Å²) in [6.07, 6.45) is 0.575. The summed E-state index contributed by atoms with van der Waals surface area (Å²) in [5.41, 5.74) is 0. The molecule has 0 bridgehead atoms. The quantitative estimate of drug-likeness (QED) is 0.392. The number of carbonyl (C=O) groups excluding carboxylic acids is 1. The van der Waals surface area contributed by atoms with Crippen LogP contribution in [0.4, 0.5) is 0 Å². The lowest BCUT2D eigenvalue weighted by molar-refractivity contribution is -0.129. The molecule has 1 saturated heterocycles. The van der Waals surface area contributed by atoms with Crippen LogP contribution in [0.1, 0.15) is 6.42 Å². The van der Waals surface area contributed by atoms with Gasteiger partial charge in [-0.1, -0.05) is 18.2 Å². The summed E-state index contributed by atoms with van der Waals surface area (Å²) in [5, 5.41) is 3.75. The zero-order valence-electron chi connectivity index (χ0n) is 13.6. The maximum absolute atomic E-state index is 11.6. The number of rotatable bonds is 5. The maximum atomic E-state index is 11.6. The molecular formula is C14H27ClIN5O. The summed E-state index contributed by atoms with van der Waals surface area (Å²) in [7, 11) is 5.35. The largest absolute Gasteiger partial charge is 0.351 e. The number of hydrogen-bond acceptors (Lipinski definition) is 3. The Morgan fingerprint density at radius 1 is 1.32 bits per heavy atom. The van der Waals surface area contributed by atoms with Crippen LogP contribution < -0.4 is 5.32 Å². The fourth-order valence-corrected chi connectivity index (χ4v) is 2.23. The monoisotopic (exact) mass is 443 g/mol. The molecule has 1 aliphatic rings. The zero-order valence-corrected chi connectivity index (χ0v) is 16.7. The van der Waals surface area contributed by atoms with E-state index in [0.29, 0.717) is 18.0 Å². The highest BCUT2D eigenvalue weighted by molar-refractivity contribution is 14.0. The van der Waals surface area contributed by atoms with Gasteiger partial charge in [-0.3, -0.25) is 14.7 Å². The van der Waals surface area contributed by atoms with Crippen LogP contribution in [0.15, 0.2) is 16.6 Å². The molecule has 0 radical (unpaired) electrons. The molecule has 0 aromatic heterocycles. The molecule has 1 amide bonds. The number of guanidine groups is 1. The normalized spacial score (nSPS) is 16.0. The number of nitrogens with zero attached hydrogens (tertiary/aromatic N) is 4. The highest BCUT2D eigenvalue weighted by atomic mass is 127. The first-order valence-corrected chi connectivity index (χ1v) is 7.53. The summed E-state index contributed by atoms with van der Waals surface area (Å²) >= 11 is 5.76. The van der Waals surface area contributed by atoms with Gasteiger partial charge in [-0.2, -0.15) is 0 Å². The third kappa shape index (κ3) is 7.64. The molecule has 1 heterocycles. The molecule has 1 fully saturated rings. The van der Waals surface area contributed by atoms with Crippen LogP contribution in [0.2, 0.25) is 0 Å². The van der Waals surface area contributed by atoms with Crippen molar-refractivity contribution in [1.82, 2.24) is 20.0 Å². The van der Waals surface area contributed by atoms with Crippen molar-refractivity contribution in [2.24, 2.45) is 4.99 Å². The topological polar surface area (TPSA) is 51.2 Å². The smallest absolute Gasteiger partial charge is 0.223 e. The minimum atomic E-state index is 0. The van der Waals surface area contributed by atoms with Gasteiger partial charge in [0.2, 0.25) is 5.91 Å². The molecule has 0 atom stereocenters. The van der Waals surface area contributed by atoms with E-state index in [1.54, 1.807) is 26.0 Å². The number of amides is 1. The third-order valence-corrected chi connectivity index (χ3v) is 3.60. The van der Waals surface area contributed by atoms with Crippen molar-refractivity contribution < 1.29 is 4.79 Å². The summed E-state index contributed by atoms with van der Waals surface area (Å²) < 4.78 is 0. The van der Waals surface area contributed by atoms with E-state index in [2.05, 4.69) is 26.7 Å². The lowest BCUT2D eigenvalue weighted by atomic mass is 10.3. The summed E-state index contributed by atoms with van der Waals surface area (Å²) in [4.78, 5) is 22.0. The molecule has 8 heteroatoms. The SMILES string of the molecule is C=C(Cl)CNC(=NC)N1CCN(CCC(=O)N(C)C)CC1.I. The average molecular weight is 444 g/mol. The van der Waals surface area contributed by atoms with Gasteiger partial charge in [0, 0.05) is 65.3 Å². The highest BCUT2D eigenvalue weighted by Crippen LogP contribution is 2.04. The first-order valence-electron chi connectivity index (χ1n) is 7.15.